The highest BCUT2D eigenvalue weighted by atomic mass is 32.2. The monoisotopic (exact) mass is 572 g/mol. The van der Waals surface area contributed by atoms with Crippen LogP contribution in [-0.4, -0.2) is 62.2 Å². The van der Waals surface area contributed by atoms with Crippen molar-refractivity contribution in [2.45, 2.75) is 38.9 Å². The second kappa shape index (κ2) is 13.5. The number of anilines is 1. The quantitative estimate of drug-likeness (QED) is 0.358. The molecule has 0 bridgehead atoms. The zero-order chi connectivity index (χ0) is 29.4. The van der Waals surface area contributed by atoms with Crippen LogP contribution in [0.4, 0.5) is 14.5 Å². The molecule has 0 aromatic heterocycles. The number of hydrogen-bond donors (Lipinski definition) is 1. The SMILES string of the molecule is CC(C)NC(=O)[C@H](Cc1ccccc1)N(Cc1ccccc1F)C(=O)CN(c1ccccc1F)S(=O)(=O)N(C)C. The Balaban J connectivity index is 2.12. The molecule has 0 spiro atoms. The van der Waals surface area contributed by atoms with Crippen LogP contribution in [0.15, 0.2) is 78.9 Å². The van der Waals surface area contributed by atoms with Crippen molar-refractivity contribution >= 4 is 27.7 Å². The van der Waals surface area contributed by atoms with Gasteiger partial charge in [-0.2, -0.15) is 12.7 Å². The molecule has 0 saturated carbocycles. The summed E-state index contributed by atoms with van der Waals surface area (Å²) in [5.41, 5.74) is 0.547. The predicted molar refractivity (Wildman–Crippen MR) is 151 cm³/mol. The summed E-state index contributed by atoms with van der Waals surface area (Å²) in [6, 6.07) is 18.6. The molecule has 40 heavy (non-hydrogen) atoms. The molecule has 1 atom stereocenters. The number of rotatable bonds is 12. The molecule has 0 radical (unpaired) electrons. The van der Waals surface area contributed by atoms with Gasteiger partial charge in [-0.1, -0.05) is 60.7 Å². The Morgan fingerprint density at radius 1 is 0.850 bits per heavy atom. The maximum absolute atomic E-state index is 14.8. The number of nitrogens with one attached hydrogen (secondary N) is 1. The van der Waals surface area contributed by atoms with Crippen LogP contribution in [-0.2, 0) is 32.8 Å². The average Bonchev–Trinajstić information content (AvgIpc) is 2.90. The standard InChI is InChI=1S/C29H34F2N4O4S/c1-21(2)32-29(37)27(18-22-12-6-5-7-13-22)34(19-23-14-8-9-15-24(23)30)28(36)20-35(40(38,39)33(3)4)26-17-11-10-16-25(26)31/h5-17,21,27H,18-20H2,1-4H3,(H,32,37)/t27-/m0/s1. The minimum atomic E-state index is -4.34. The largest absolute Gasteiger partial charge is 0.352 e. The number of carbonyl (C=O) groups is 2. The van der Waals surface area contributed by atoms with Crippen molar-refractivity contribution in [2.75, 3.05) is 24.9 Å². The van der Waals surface area contributed by atoms with Crippen molar-refractivity contribution < 1.29 is 26.8 Å². The van der Waals surface area contributed by atoms with Crippen molar-refractivity contribution in [3.63, 3.8) is 0 Å². The lowest BCUT2D eigenvalue weighted by Crippen LogP contribution is -2.55. The third-order valence-electron chi connectivity index (χ3n) is 6.14. The van der Waals surface area contributed by atoms with Gasteiger partial charge in [0.15, 0.2) is 0 Å². The molecule has 3 aromatic carbocycles. The first-order chi connectivity index (χ1) is 18.9. The fraction of sp³-hybridized carbons (Fsp3) is 0.310. The van der Waals surface area contributed by atoms with E-state index in [-0.39, 0.29) is 30.3 Å². The predicted octanol–water partition coefficient (Wildman–Crippen LogP) is 3.74. The normalized spacial score (nSPS) is 12.3. The van der Waals surface area contributed by atoms with E-state index in [9.17, 15) is 26.8 Å². The Morgan fingerprint density at radius 2 is 1.43 bits per heavy atom. The van der Waals surface area contributed by atoms with Crippen molar-refractivity contribution in [3.05, 3.63) is 102 Å². The van der Waals surface area contributed by atoms with Gasteiger partial charge in [0.25, 0.3) is 0 Å². The Bertz CT molecular complexity index is 1420. The number of halogens is 2. The Kier molecular flexibility index (Phi) is 10.4. The first-order valence-corrected chi connectivity index (χ1v) is 14.1. The van der Waals surface area contributed by atoms with Gasteiger partial charge in [0.2, 0.25) is 11.8 Å². The van der Waals surface area contributed by atoms with E-state index in [4.69, 9.17) is 0 Å². The number of carbonyl (C=O) groups excluding carboxylic acids is 2. The highest BCUT2D eigenvalue weighted by Gasteiger charge is 2.36. The Morgan fingerprint density at radius 3 is 2.00 bits per heavy atom. The Labute approximate surface area is 234 Å². The molecular weight excluding hydrogens is 538 g/mol. The number of benzene rings is 3. The van der Waals surface area contributed by atoms with Gasteiger partial charge in [-0.25, -0.2) is 13.1 Å². The molecule has 0 aliphatic heterocycles. The summed E-state index contributed by atoms with van der Waals surface area (Å²) < 4.78 is 57.7. The van der Waals surface area contributed by atoms with E-state index in [0.29, 0.717) is 4.31 Å². The molecule has 1 N–H and O–H groups in total. The molecule has 0 saturated heterocycles. The van der Waals surface area contributed by atoms with E-state index in [1.807, 2.05) is 6.07 Å². The second-order valence-electron chi connectivity index (χ2n) is 9.73. The van der Waals surface area contributed by atoms with Crippen LogP contribution in [0.1, 0.15) is 25.0 Å². The number of para-hydroxylation sites is 1. The number of amides is 2. The lowest BCUT2D eigenvalue weighted by atomic mass is 10.0. The van der Waals surface area contributed by atoms with Gasteiger partial charge in [0.1, 0.15) is 24.2 Å². The summed E-state index contributed by atoms with van der Waals surface area (Å²) in [4.78, 5) is 28.7. The fourth-order valence-corrected chi connectivity index (χ4v) is 5.17. The smallest absolute Gasteiger partial charge is 0.304 e. The Hall–Kier alpha value is -3.83. The van der Waals surface area contributed by atoms with Crippen LogP contribution in [0.2, 0.25) is 0 Å². The van der Waals surface area contributed by atoms with Crippen LogP contribution in [0.5, 0.6) is 0 Å². The van der Waals surface area contributed by atoms with Crippen molar-refractivity contribution in [1.29, 1.82) is 0 Å². The zero-order valence-electron chi connectivity index (χ0n) is 22.9. The maximum Gasteiger partial charge on any atom is 0.304 e. The third kappa shape index (κ3) is 7.64. The summed E-state index contributed by atoms with van der Waals surface area (Å²) >= 11 is 0. The van der Waals surface area contributed by atoms with E-state index in [1.54, 1.807) is 44.2 Å². The minimum absolute atomic E-state index is 0.0831. The molecule has 0 fully saturated rings. The first kappa shape index (κ1) is 30.7. The summed E-state index contributed by atoms with van der Waals surface area (Å²) in [6.45, 7) is 2.39. The van der Waals surface area contributed by atoms with Crippen LogP contribution >= 0.6 is 0 Å². The number of hydrogen-bond acceptors (Lipinski definition) is 4. The first-order valence-electron chi connectivity index (χ1n) is 12.7. The molecule has 2 amide bonds. The summed E-state index contributed by atoms with van der Waals surface area (Å²) in [7, 11) is -1.82. The van der Waals surface area contributed by atoms with E-state index >= 15 is 0 Å². The minimum Gasteiger partial charge on any atom is -0.352 e. The van der Waals surface area contributed by atoms with E-state index in [2.05, 4.69) is 5.32 Å². The van der Waals surface area contributed by atoms with Gasteiger partial charge in [0.05, 0.1) is 5.69 Å². The molecule has 0 aliphatic rings. The van der Waals surface area contributed by atoms with Gasteiger partial charge < -0.3 is 10.2 Å². The van der Waals surface area contributed by atoms with Gasteiger partial charge in [-0.05, 0) is 37.6 Å². The fourth-order valence-electron chi connectivity index (χ4n) is 4.10. The topological polar surface area (TPSA) is 90.0 Å². The molecule has 8 nitrogen and oxygen atoms in total. The van der Waals surface area contributed by atoms with Crippen LogP contribution in [0.25, 0.3) is 0 Å². The van der Waals surface area contributed by atoms with Gasteiger partial charge in [0, 0.05) is 38.7 Å². The van der Waals surface area contributed by atoms with Gasteiger partial charge in [-0.15, -0.1) is 0 Å². The summed E-state index contributed by atoms with van der Waals surface area (Å²) in [5, 5.41) is 2.81. The second-order valence-corrected chi connectivity index (χ2v) is 11.8. The van der Waals surface area contributed by atoms with E-state index < -0.39 is 46.2 Å². The van der Waals surface area contributed by atoms with Crippen molar-refractivity contribution in [2.24, 2.45) is 0 Å². The van der Waals surface area contributed by atoms with Crippen LogP contribution in [0, 0.1) is 11.6 Å². The van der Waals surface area contributed by atoms with Crippen molar-refractivity contribution in [1.82, 2.24) is 14.5 Å². The number of nitrogens with zero attached hydrogens (tertiary/aromatic N) is 3. The van der Waals surface area contributed by atoms with Gasteiger partial charge in [-0.3, -0.25) is 9.59 Å². The molecular formula is C29H34F2N4O4S. The van der Waals surface area contributed by atoms with Crippen LogP contribution < -0.4 is 9.62 Å². The molecule has 3 aromatic rings. The highest BCUT2D eigenvalue weighted by Crippen LogP contribution is 2.24. The van der Waals surface area contributed by atoms with Crippen molar-refractivity contribution in [3.8, 4) is 0 Å². The lowest BCUT2D eigenvalue weighted by Gasteiger charge is -2.34. The molecule has 214 valence electrons. The lowest BCUT2D eigenvalue weighted by molar-refractivity contribution is -0.140. The molecule has 3 rings (SSSR count). The summed E-state index contributed by atoms with van der Waals surface area (Å²) in [5.74, 6) is -2.73. The van der Waals surface area contributed by atoms with E-state index in [0.717, 1.165) is 20.8 Å². The van der Waals surface area contributed by atoms with E-state index in [1.165, 1.54) is 50.5 Å². The molecule has 11 heteroatoms. The zero-order valence-corrected chi connectivity index (χ0v) is 23.7. The molecule has 0 aliphatic carbocycles. The third-order valence-corrected chi connectivity index (χ3v) is 7.95. The average molecular weight is 573 g/mol. The molecule has 0 unspecified atom stereocenters. The molecule has 0 heterocycles. The van der Waals surface area contributed by atoms with Gasteiger partial charge >= 0.3 is 10.2 Å². The maximum atomic E-state index is 14.8. The highest BCUT2D eigenvalue weighted by molar-refractivity contribution is 7.90. The van der Waals surface area contributed by atoms with Crippen LogP contribution in [0.3, 0.4) is 0 Å². The summed E-state index contributed by atoms with van der Waals surface area (Å²) in [6.07, 6.45) is 0.0831.